The number of hydrogen-bond acceptors (Lipinski definition) is 6. The van der Waals surface area contributed by atoms with Crippen LogP contribution in [0.1, 0.15) is 5.56 Å². The molecular weight excluding hydrogens is 266 g/mol. The van der Waals surface area contributed by atoms with Crippen molar-refractivity contribution >= 4 is 21.5 Å². The van der Waals surface area contributed by atoms with E-state index in [9.17, 15) is 8.42 Å². The van der Waals surface area contributed by atoms with Gasteiger partial charge in [-0.15, -0.1) is 0 Å². The van der Waals surface area contributed by atoms with E-state index in [-0.39, 0.29) is 10.7 Å². The molecule has 2 aromatic heterocycles. The molecule has 0 aromatic carbocycles. The van der Waals surface area contributed by atoms with E-state index in [1.54, 1.807) is 19.2 Å². The molecule has 4 N–H and O–H groups in total. The van der Waals surface area contributed by atoms with Crippen molar-refractivity contribution in [1.82, 2.24) is 9.97 Å². The Morgan fingerprint density at radius 1 is 1.26 bits per heavy atom. The Bertz CT molecular complexity index is 687. The van der Waals surface area contributed by atoms with E-state index < -0.39 is 10.0 Å². The Hall–Kier alpha value is -2.19. The summed E-state index contributed by atoms with van der Waals surface area (Å²) in [4.78, 5) is 7.81. The van der Waals surface area contributed by atoms with Crippen LogP contribution in [0, 0.1) is 6.92 Å². The van der Waals surface area contributed by atoms with Crippen molar-refractivity contribution < 1.29 is 8.42 Å². The predicted molar refractivity (Wildman–Crippen MR) is 71.8 cm³/mol. The normalized spacial score (nSPS) is 11.1. The highest BCUT2D eigenvalue weighted by atomic mass is 32.2. The molecule has 2 heterocycles. The summed E-state index contributed by atoms with van der Waals surface area (Å²) in [6.45, 7) is 1.79. The van der Waals surface area contributed by atoms with Crippen molar-refractivity contribution in [2.45, 2.75) is 11.8 Å². The van der Waals surface area contributed by atoms with Gasteiger partial charge >= 0.3 is 0 Å². The summed E-state index contributed by atoms with van der Waals surface area (Å²) in [6, 6.07) is 4.44. The summed E-state index contributed by atoms with van der Waals surface area (Å²) in [7, 11) is -3.69. The van der Waals surface area contributed by atoms with Crippen molar-refractivity contribution in [2.75, 3.05) is 10.1 Å². The Morgan fingerprint density at radius 3 is 2.74 bits per heavy atom. The Balaban J connectivity index is 2.35. The van der Waals surface area contributed by atoms with Crippen LogP contribution in [-0.2, 0) is 10.0 Å². The van der Waals surface area contributed by atoms with Crippen LogP contribution in [0.25, 0.3) is 0 Å². The standard InChI is InChI=1S/C11H13N5O2S/c1-8-2-4-13-7-10(8)16-19(17,18)9-3-5-14-11(6-9)15-12/h2-7,16H,12H2,1H3,(H,14,15). The van der Waals surface area contributed by atoms with Crippen LogP contribution in [0.15, 0.2) is 41.7 Å². The smallest absolute Gasteiger partial charge is 0.262 e. The molecule has 0 amide bonds. The van der Waals surface area contributed by atoms with Gasteiger partial charge in [-0.25, -0.2) is 19.2 Å². The lowest BCUT2D eigenvalue weighted by Crippen LogP contribution is -2.15. The second-order valence-electron chi connectivity index (χ2n) is 3.82. The van der Waals surface area contributed by atoms with Crippen LogP contribution in [0.3, 0.4) is 0 Å². The number of nitrogens with zero attached hydrogens (tertiary/aromatic N) is 2. The number of hydrogen-bond donors (Lipinski definition) is 3. The lowest BCUT2D eigenvalue weighted by atomic mass is 10.3. The van der Waals surface area contributed by atoms with E-state index in [1.807, 2.05) is 0 Å². The van der Waals surface area contributed by atoms with E-state index in [4.69, 9.17) is 5.84 Å². The number of rotatable bonds is 4. The SMILES string of the molecule is Cc1ccncc1NS(=O)(=O)c1ccnc(NN)c1. The maximum atomic E-state index is 12.2. The average molecular weight is 279 g/mol. The number of pyridine rings is 2. The minimum absolute atomic E-state index is 0.0682. The molecule has 2 rings (SSSR count). The van der Waals surface area contributed by atoms with Crippen LogP contribution < -0.4 is 16.0 Å². The molecule has 0 radical (unpaired) electrons. The fourth-order valence-corrected chi connectivity index (χ4v) is 2.56. The van der Waals surface area contributed by atoms with Gasteiger partial charge in [-0.1, -0.05) is 0 Å². The van der Waals surface area contributed by atoms with E-state index in [0.29, 0.717) is 5.69 Å². The zero-order chi connectivity index (χ0) is 13.9. The van der Waals surface area contributed by atoms with Gasteiger partial charge in [-0.3, -0.25) is 9.71 Å². The minimum Gasteiger partial charge on any atom is -0.308 e. The number of nitrogens with two attached hydrogens (primary N) is 1. The molecule has 0 saturated heterocycles. The molecule has 0 bridgehead atoms. The number of sulfonamides is 1. The third kappa shape index (κ3) is 2.98. The maximum Gasteiger partial charge on any atom is 0.262 e. The van der Waals surface area contributed by atoms with Gasteiger partial charge in [0.05, 0.1) is 16.8 Å². The van der Waals surface area contributed by atoms with E-state index >= 15 is 0 Å². The second-order valence-corrected chi connectivity index (χ2v) is 5.50. The third-order valence-electron chi connectivity index (χ3n) is 2.47. The van der Waals surface area contributed by atoms with Crippen molar-refractivity contribution in [2.24, 2.45) is 5.84 Å². The first-order chi connectivity index (χ1) is 9.03. The fourth-order valence-electron chi connectivity index (χ4n) is 1.43. The molecule has 0 aliphatic rings. The zero-order valence-corrected chi connectivity index (χ0v) is 11.0. The summed E-state index contributed by atoms with van der Waals surface area (Å²) in [5.41, 5.74) is 3.51. The molecule has 0 atom stereocenters. The molecule has 0 spiro atoms. The summed E-state index contributed by atoms with van der Waals surface area (Å²) < 4.78 is 26.8. The molecular formula is C11H13N5O2S. The highest BCUT2D eigenvalue weighted by Crippen LogP contribution is 2.19. The maximum absolute atomic E-state index is 12.2. The summed E-state index contributed by atoms with van der Waals surface area (Å²) in [5.74, 6) is 5.47. The van der Waals surface area contributed by atoms with Gasteiger partial charge < -0.3 is 5.43 Å². The number of hydrazine groups is 1. The summed E-state index contributed by atoms with van der Waals surface area (Å²) in [6.07, 6.45) is 4.41. The molecule has 7 nitrogen and oxygen atoms in total. The van der Waals surface area contributed by atoms with E-state index in [2.05, 4.69) is 20.1 Å². The lowest BCUT2D eigenvalue weighted by molar-refractivity contribution is 0.601. The molecule has 0 unspecified atom stereocenters. The lowest BCUT2D eigenvalue weighted by Gasteiger charge is -2.10. The van der Waals surface area contributed by atoms with E-state index in [0.717, 1.165) is 5.56 Å². The van der Waals surface area contributed by atoms with Crippen LogP contribution in [0.4, 0.5) is 11.5 Å². The van der Waals surface area contributed by atoms with Crippen LogP contribution in [0.2, 0.25) is 0 Å². The molecule has 0 aliphatic heterocycles. The first-order valence-electron chi connectivity index (χ1n) is 5.39. The van der Waals surface area contributed by atoms with Crippen molar-refractivity contribution in [3.63, 3.8) is 0 Å². The van der Waals surface area contributed by atoms with Crippen LogP contribution >= 0.6 is 0 Å². The molecule has 100 valence electrons. The van der Waals surface area contributed by atoms with Crippen molar-refractivity contribution in [3.05, 3.63) is 42.4 Å². The van der Waals surface area contributed by atoms with Gasteiger partial charge in [0.15, 0.2) is 0 Å². The quantitative estimate of drug-likeness (QED) is 0.566. The van der Waals surface area contributed by atoms with Crippen LogP contribution in [-0.4, -0.2) is 18.4 Å². The predicted octanol–water partition coefficient (Wildman–Crippen LogP) is 0.871. The fraction of sp³-hybridized carbons (Fsp3) is 0.0909. The largest absolute Gasteiger partial charge is 0.308 e. The molecule has 19 heavy (non-hydrogen) atoms. The summed E-state index contributed by atoms with van der Waals surface area (Å²) >= 11 is 0. The van der Waals surface area contributed by atoms with Gasteiger partial charge in [0, 0.05) is 18.5 Å². The Morgan fingerprint density at radius 2 is 2.05 bits per heavy atom. The zero-order valence-electron chi connectivity index (χ0n) is 10.2. The molecule has 0 saturated carbocycles. The van der Waals surface area contributed by atoms with Gasteiger partial charge in [-0.2, -0.15) is 0 Å². The molecule has 2 aromatic rings. The number of nitrogens with one attached hydrogen (secondary N) is 2. The number of anilines is 2. The van der Waals surface area contributed by atoms with Crippen molar-refractivity contribution in [1.29, 1.82) is 0 Å². The van der Waals surface area contributed by atoms with E-state index in [1.165, 1.54) is 24.5 Å². The van der Waals surface area contributed by atoms with Gasteiger partial charge in [-0.05, 0) is 24.6 Å². The average Bonchev–Trinajstić information content (AvgIpc) is 2.41. The molecule has 0 fully saturated rings. The Labute approximate surface area is 110 Å². The number of aryl methyl sites for hydroxylation is 1. The molecule has 8 heteroatoms. The molecule has 0 aliphatic carbocycles. The first-order valence-corrected chi connectivity index (χ1v) is 6.87. The topological polar surface area (TPSA) is 110 Å². The number of nitrogen functional groups attached to an aromatic ring is 1. The van der Waals surface area contributed by atoms with Gasteiger partial charge in [0.2, 0.25) is 0 Å². The monoisotopic (exact) mass is 279 g/mol. The van der Waals surface area contributed by atoms with Gasteiger partial charge in [0.25, 0.3) is 10.0 Å². The second kappa shape index (κ2) is 5.21. The summed E-state index contributed by atoms with van der Waals surface area (Å²) in [5, 5.41) is 0. The highest BCUT2D eigenvalue weighted by Gasteiger charge is 2.16. The highest BCUT2D eigenvalue weighted by molar-refractivity contribution is 7.92. The first kappa shape index (κ1) is 13.2. The number of aromatic nitrogens is 2. The minimum atomic E-state index is -3.69. The van der Waals surface area contributed by atoms with Gasteiger partial charge in [0.1, 0.15) is 5.82 Å². The third-order valence-corrected chi connectivity index (χ3v) is 3.84. The van der Waals surface area contributed by atoms with Crippen LogP contribution in [0.5, 0.6) is 0 Å². The Kier molecular flexibility index (Phi) is 3.63. The van der Waals surface area contributed by atoms with Crippen molar-refractivity contribution in [3.8, 4) is 0 Å².